The van der Waals surface area contributed by atoms with Crippen LogP contribution in [0.3, 0.4) is 0 Å². The Kier molecular flexibility index (Phi) is 4.32. The second kappa shape index (κ2) is 6.55. The predicted octanol–water partition coefficient (Wildman–Crippen LogP) is 0.944. The molecule has 6 heteroatoms. The first-order valence-corrected chi connectivity index (χ1v) is 7.19. The van der Waals surface area contributed by atoms with Crippen molar-refractivity contribution in [2.75, 3.05) is 6.61 Å². The average Bonchev–Trinajstić information content (AvgIpc) is 2.97. The maximum Gasteiger partial charge on any atom is 0.275 e. The molecule has 1 atom stereocenters. The topological polar surface area (TPSA) is 93.8 Å². The van der Waals surface area contributed by atoms with E-state index in [1.807, 2.05) is 30.3 Å². The number of aliphatic hydroxyl groups is 1. The molecule has 0 aliphatic rings. The number of nitrogens with one attached hydrogen (secondary N) is 3. The highest BCUT2D eigenvalue weighted by molar-refractivity contribution is 5.77. The summed E-state index contributed by atoms with van der Waals surface area (Å²) in [6.45, 7) is 0.583. The van der Waals surface area contributed by atoms with E-state index >= 15 is 0 Å². The lowest BCUT2D eigenvalue weighted by Crippen LogP contribution is -2.34. The Morgan fingerprint density at radius 2 is 2.05 bits per heavy atom. The van der Waals surface area contributed by atoms with Crippen molar-refractivity contribution in [3.63, 3.8) is 0 Å². The fourth-order valence-corrected chi connectivity index (χ4v) is 2.49. The molecule has 0 bridgehead atoms. The minimum Gasteiger partial charge on any atom is -0.395 e. The van der Waals surface area contributed by atoms with Gasteiger partial charge in [0.25, 0.3) is 5.56 Å². The Labute approximate surface area is 127 Å². The van der Waals surface area contributed by atoms with Crippen LogP contribution in [0, 0.1) is 0 Å². The molecule has 6 nitrogen and oxygen atoms in total. The molecule has 2 aromatic heterocycles. The zero-order valence-corrected chi connectivity index (χ0v) is 12.0. The van der Waals surface area contributed by atoms with Crippen LogP contribution < -0.4 is 10.9 Å². The highest BCUT2D eigenvalue weighted by atomic mass is 16.3. The normalized spacial score (nSPS) is 12.6. The van der Waals surface area contributed by atoms with E-state index in [2.05, 4.69) is 20.3 Å². The summed E-state index contributed by atoms with van der Waals surface area (Å²) in [5.74, 6) is 0. The fourth-order valence-electron chi connectivity index (χ4n) is 2.49. The second-order valence-corrected chi connectivity index (χ2v) is 5.22. The molecule has 0 saturated carbocycles. The zero-order valence-electron chi connectivity index (χ0n) is 12.0. The van der Waals surface area contributed by atoms with Crippen molar-refractivity contribution in [1.29, 1.82) is 0 Å². The van der Waals surface area contributed by atoms with Crippen molar-refractivity contribution < 1.29 is 5.11 Å². The van der Waals surface area contributed by atoms with Gasteiger partial charge in [-0.2, -0.15) is 0 Å². The highest BCUT2D eigenvalue weighted by Gasteiger charge is 2.11. The molecule has 0 saturated heterocycles. The van der Waals surface area contributed by atoms with Crippen LogP contribution in [0.4, 0.5) is 0 Å². The number of aromatic amines is 2. The minimum absolute atomic E-state index is 0.0469. The number of fused-ring (bicyclic) bond motifs is 1. The molecule has 3 rings (SSSR count). The van der Waals surface area contributed by atoms with Gasteiger partial charge >= 0.3 is 0 Å². The van der Waals surface area contributed by atoms with Crippen LogP contribution in [0.1, 0.15) is 11.1 Å². The SMILES string of the molecule is O=c1[nH]cnc2c(CN[C@@H](CO)Cc3ccccc3)c[nH]c12. The largest absolute Gasteiger partial charge is 0.395 e. The van der Waals surface area contributed by atoms with Crippen LogP contribution in [-0.4, -0.2) is 32.7 Å². The summed E-state index contributed by atoms with van der Waals surface area (Å²) >= 11 is 0. The van der Waals surface area contributed by atoms with Gasteiger partial charge < -0.3 is 20.4 Å². The van der Waals surface area contributed by atoms with Gasteiger partial charge in [-0.15, -0.1) is 0 Å². The third kappa shape index (κ3) is 3.08. The lowest BCUT2D eigenvalue weighted by molar-refractivity contribution is 0.241. The molecule has 4 N–H and O–H groups in total. The van der Waals surface area contributed by atoms with Gasteiger partial charge in [-0.25, -0.2) is 4.98 Å². The average molecular weight is 298 g/mol. The number of nitrogens with zero attached hydrogens (tertiary/aromatic N) is 1. The Balaban J connectivity index is 1.69. The van der Waals surface area contributed by atoms with Gasteiger partial charge in [0.05, 0.1) is 18.5 Å². The zero-order chi connectivity index (χ0) is 15.4. The lowest BCUT2D eigenvalue weighted by atomic mass is 10.1. The van der Waals surface area contributed by atoms with Gasteiger partial charge in [0.15, 0.2) is 0 Å². The van der Waals surface area contributed by atoms with Crippen molar-refractivity contribution in [2.45, 2.75) is 19.0 Å². The molecule has 0 spiro atoms. The molecule has 0 radical (unpaired) electrons. The van der Waals surface area contributed by atoms with E-state index in [0.717, 1.165) is 12.0 Å². The minimum atomic E-state index is -0.181. The second-order valence-electron chi connectivity index (χ2n) is 5.22. The monoisotopic (exact) mass is 298 g/mol. The number of H-pyrrole nitrogens is 2. The summed E-state index contributed by atoms with van der Waals surface area (Å²) in [7, 11) is 0. The van der Waals surface area contributed by atoms with Gasteiger partial charge in [0, 0.05) is 24.3 Å². The Hall–Kier alpha value is -2.44. The van der Waals surface area contributed by atoms with E-state index in [9.17, 15) is 9.90 Å². The van der Waals surface area contributed by atoms with E-state index in [1.165, 1.54) is 11.9 Å². The first-order chi connectivity index (χ1) is 10.8. The third-order valence-electron chi connectivity index (χ3n) is 3.67. The quantitative estimate of drug-likeness (QED) is 0.545. The van der Waals surface area contributed by atoms with Crippen LogP contribution in [-0.2, 0) is 13.0 Å². The van der Waals surface area contributed by atoms with Gasteiger partial charge in [-0.05, 0) is 12.0 Å². The van der Waals surface area contributed by atoms with E-state index in [-0.39, 0.29) is 18.2 Å². The van der Waals surface area contributed by atoms with Crippen molar-refractivity contribution in [2.24, 2.45) is 0 Å². The first kappa shape index (κ1) is 14.5. The summed E-state index contributed by atoms with van der Waals surface area (Å²) in [6, 6.07) is 9.97. The molecule has 0 unspecified atom stereocenters. The van der Waals surface area contributed by atoms with Gasteiger partial charge in [-0.1, -0.05) is 30.3 Å². The molecule has 0 aliphatic heterocycles. The number of hydrogen-bond donors (Lipinski definition) is 4. The van der Waals surface area contributed by atoms with Crippen molar-refractivity contribution in [3.8, 4) is 0 Å². The molecular formula is C16H18N4O2. The smallest absolute Gasteiger partial charge is 0.275 e. The highest BCUT2D eigenvalue weighted by Crippen LogP contribution is 2.12. The van der Waals surface area contributed by atoms with E-state index in [0.29, 0.717) is 17.6 Å². The van der Waals surface area contributed by atoms with Gasteiger partial charge in [0.1, 0.15) is 5.52 Å². The van der Waals surface area contributed by atoms with Crippen molar-refractivity contribution >= 4 is 11.0 Å². The van der Waals surface area contributed by atoms with E-state index in [4.69, 9.17) is 0 Å². The van der Waals surface area contributed by atoms with Crippen molar-refractivity contribution in [3.05, 3.63) is 64.3 Å². The fraction of sp³-hybridized carbons (Fsp3) is 0.250. The lowest BCUT2D eigenvalue weighted by Gasteiger charge is -2.16. The number of rotatable bonds is 6. The molecule has 22 heavy (non-hydrogen) atoms. The predicted molar refractivity (Wildman–Crippen MR) is 84.6 cm³/mol. The molecule has 3 aromatic rings. The molecule has 0 aliphatic carbocycles. The van der Waals surface area contributed by atoms with Crippen LogP contribution in [0.15, 0.2) is 47.7 Å². The van der Waals surface area contributed by atoms with Gasteiger partial charge in [0.2, 0.25) is 0 Å². The Morgan fingerprint density at radius 3 is 2.82 bits per heavy atom. The van der Waals surface area contributed by atoms with Gasteiger partial charge in [-0.3, -0.25) is 4.79 Å². The van der Waals surface area contributed by atoms with Crippen LogP contribution in [0.25, 0.3) is 11.0 Å². The number of aromatic nitrogens is 3. The summed E-state index contributed by atoms with van der Waals surface area (Å²) in [4.78, 5) is 21.3. The van der Waals surface area contributed by atoms with Crippen LogP contribution in [0.2, 0.25) is 0 Å². The summed E-state index contributed by atoms with van der Waals surface area (Å²) in [5, 5.41) is 12.8. The molecule has 114 valence electrons. The number of hydrogen-bond acceptors (Lipinski definition) is 4. The number of aliphatic hydroxyl groups excluding tert-OH is 1. The van der Waals surface area contributed by atoms with Crippen molar-refractivity contribution in [1.82, 2.24) is 20.3 Å². The summed E-state index contributed by atoms with van der Waals surface area (Å²) < 4.78 is 0. The summed E-state index contributed by atoms with van der Waals surface area (Å²) in [5.41, 5.74) is 3.03. The van der Waals surface area contributed by atoms with Crippen LogP contribution in [0.5, 0.6) is 0 Å². The van der Waals surface area contributed by atoms with Crippen LogP contribution >= 0.6 is 0 Å². The molecular weight excluding hydrogens is 280 g/mol. The molecule has 0 amide bonds. The molecule has 2 heterocycles. The Morgan fingerprint density at radius 1 is 1.23 bits per heavy atom. The molecule has 1 aromatic carbocycles. The standard InChI is InChI=1S/C16H18N4O2/c21-9-13(6-11-4-2-1-3-5-11)17-7-12-8-18-15-14(12)19-10-20-16(15)22/h1-5,8,10,13,17-18,21H,6-7,9H2,(H,19,20,22)/t13-/m1/s1. The van der Waals surface area contributed by atoms with E-state index in [1.54, 1.807) is 6.20 Å². The maximum atomic E-state index is 11.6. The molecule has 0 fully saturated rings. The van der Waals surface area contributed by atoms with E-state index < -0.39 is 0 Å². The summed E-state index contributed by atoms with van der Waals surface area (Å²) in [6.07, 6.45) is 3.92. The maximum absolute atomic E-state index is 11.6. The Bertz CT molecular complexity index is 795. The number of benzene rings is 1. The third-order valence-corrected chi connectivity index (χ3v) is 3.67. The first-order valence-electron chi connectivity index (χ1n) is 7.19.